The molecule has 0 heterocycles. The molecule has 10 heteroatoms. The van der Waals surface area contributed by atoms with Gasteiger partial charge in [-0.05, 0) is 6.42 Å². The Bertz CT molecular complexity index is 194. The van der Waals surface area contributed by atoms with Gasteiger partial charge in [0.2, 0.25) is 0 Å². The molecule has 0 rings (SSSR count). The molecule has 0 amide bonds. The molecular weight excluding hydrogens is 240 g/mol. The fourth-order valence-electron chi connectivity index (χ4n) is 0.483. The van der Waals surface area contributed by atoms with Gasteiger partial charge in [-0.3, -0.25) is 9.13 Å². The Hall–Kier alpha value is 2.30. The van der Waals surface area contributed by atoms with Gasteiger partial charge in [-0.2, -0.15) is 0 Å². The molecule has 0 fully saturated rings. The second-order valence-corrected chi connectivity index (χ2v) is 5.68. The third-order valence-electron chi connectivity index (χ3n) is 0.899. The molecule has 0 bridgehead atoms. The first-order valence-corrected chi connectivity index (χ1v) is 6.39. The summed E-state index contributed by atoms with van der Waals surface area (Å²) in [6.07, 6.45) is -1.11. The van der Waals surface area contributed by atoms with Crippen LogP contribution in [0, 0.1) is 0 Å². The average Bonchev–Trinajstić information content (AvgIpc) is 1.55. The van der Waals surface area contributed by atoms with Gasteiger partial charge >= 0.3 is 74.3 Å². The van der Waals surface area contributed by atoms with Crippen molar-refractivity contribution in [1.29, 1.82) is 0 Å². The first kappa shape index (κ1) is 20.7. The summed E-state index contributed by atoms with van der Waals surface area (Å²) in [5, 5.41) is 0. The van der Waals surface area contributed by atoms with E-state index in [9.17, 15) is 9.13 Å². The molecule has 0 aromatic rings. The zero-order chi connectivity index (χ0) is 9.12. The maximum atomic E-state index is 10.2. The Morgan fingerprint density at radius 1 is 0.846 bits per heavy atom. The Kier molecular flexibility index (Phi) is 13.4. The fourth-order valence-corrected chi connectivity index (χ4v) is 1.87. The van der Waals surface area contributed by atoms with Gasteiger partial charge in [0.15, 0.2) is 0 Å². The van der Waals surface area contributed by atoms with Crippen molar-refractivity contribution in [3.05, 3.63) is 0 Å². The van der Waals surface area contributed by atoms with Crippen molar-refractivity contribution < 1.29 is 90.7 Å². The molecule has 6 nitrogen and oxygen atoms in total. The smallest absolute Gasteiger partial charge is 1.00 e. The van der Waals surface area contributed by atoms with Crippen LogP contribution in [0.2, 0.25) is 0 Å². The van der Waals surface area contributed by atoms with Crippen LogP contribution in [-0.4, -0.2) is 31.9 Å². The van der Waals surface area contributed by atoms with Crippen LogP contribution in [-0.2, 0) is 9.13 Å². The summed E-state index contributed by atoms with van der Waals surface area (Å²) in [7, 11) is -8.19. The largest absolute Gasteiger partial charge is 1.00 e. The standard InChI is InChI=1S/C3H10O6P2.2Na.2H/c4-10(5,6)2-1-3-11(7,8)9;;;;/h1-3H2,(H2,4,5,6)(H2,7,8,9);;;;/q;2*+1;2*-1. The summed E-state index contributed by atoms with van der Waals surface area (Å²) in [4.78, 5) is 33.1. The summed E-state index contributed by atoms with van der Waals surface area (Å²) < 4.78 is 20.3. The van der Waals surface area contributed by atoms with Crippen LogP contribution in [0.4, 0.5) is 0 Å². The molecule has 0 atom stereocenters. The topological polar surface area (TPSA) is 115 Å². The van der Waals surface area contributed by atoms with Crippen molar-refractivity contribution in [2.75, 3.05) is 12.3 Å². The van der Waals surface area contributed by atoms with E-state index in [4.69, 9.17) is 19.6 Å². The van der Waals surface area contributed by atoms with E-state index in [0.29, 0.717) is 0 Å². The molecule has 0 aliphatic rings. The quantitative estimate of drug-likeness (QED) is 0.292. The predicted octanol–water partition coefficient (Wildman–Crippen LogP) is -6.04. The molecule has 13 heavy (non-hydrogen) atoms. The summed E-state index contributed by atoms with van der Waals surface area (Å²) in [5.74, 6) is 0. The van der Waals surface area contributed by atoms with Crippen molar-refractivity contribution >= 4 is 15.2 Å². The minimum atomic E-state index is -4.10. The van der Waals surface area contributed by atoms with Crippen molar-refractivity contribution in [3.63, 3.8) is 0 Å². The summed E-state index contributed by atoms with van der Waals surface area (Å²) in [5.41, 5.74) is 0. The molecule has 0 aliphatic carbocycles. The van der Waals surface area contributed by atoms with E-state index >= 15 is 0 Å². The van der Waals surface area contributed by atoms with Crippen molar-refractivity contribution in [2.45, 2.75) is 6.42 Å². The monoisotopic (exact) mass is 252 g/mol. The van der Waals surface area contributed by atoms with Crippen LogP contribution in [0.15, 0.2) is 0 Å². The minimum absolute atomic E-state index is 0. The van der Waals surface area contributed by atoms with E-state index in [-0.39, 0.29) is 68.4 Å². The summed E-state index contributed by atoms with van der Waals surface area (Å²) in [6, 6.07) is 0. The summed E-state index contributed by atoms with van der Waals surface area (Å²) in [6.45, 7) is 0. The van der Waals surface area contributed by atoms with Crippen LogP contribution < -0.4 is 59.1 Å². The molecule has 0 aromatic heterocycles. The minimum Gasteiger partial charge on any atom is -1.00 e. The molecule has 0 aliphatic heterocycles. The summed E-state index contributed by atoms with van der Waals surface area (Å²) >= 11 is 0. The first-order valence-electron chi connectivity index (χ1n) is 2.80. The van der Waals surface area contributed by atoms with Crippen LogP contribution in [0.3, 0.4) is 0 Å². The van der Waals surface area contributed by atoms with Gasteiger partial charge < -0.3 is 22.4 Å². The number of hydrogen-bond acceptors (Lipinski definition) is 2. The average molecular weight is 252 g/mol. The van der Waals surface area contributed by atoms with Gasteiger partial charge in [-0.25, -0.2) is 0 Å². The third-order valence-corrected chi connectivity index (χ3v) is 2.70. The van der Waals surface area contributed by atoms with Crippen molar-refractivity contribution in [2.24, 2.45) is 0 Å². The Morgan fingerprint density at radius 3 is 1.23 bits per heavy atom. The van der Waals surface area contributed by atoms with Gasteiger partial charge in [0, 0.05) is 0 Å². The van der Waals surface area contributed by atoms with Crippen LogP contribution >= 0.6 is 15.2 Å². The van der Waals surface area contributed by atoms with Crippen molar-refractivity contribution in [1.82, 2.24) is 0 Å². The normalized spacial score (nSPS) is 11.4. The maximum absolute atomic E-state index is 10.2. The molecule has 0 unspecified atom stereocenters. The SMILES string of the molecule is O=P(O)(O)CCCP(=O)(O)O.[H-].[H-].[Na+].[Na+]. The number of rotatable bonds is 4. The van der Waals surface area contributed by atoms with Crippen LogP contribution in [0.25, 0.3) is 0 Å². The van der Waals surface area contributed by atoms with Crippen molar-refractivity contribution in [3.8, 4) is 0 Å². The molecule has 0 aromatic carbocycles. The Balaban J connectivity index is -0.0000000833. The van der Waals surface area contributed by atoms with E-state index < -0.39 is 27.5 Å². The second-order valence-electron chi connectivity index (χ2n) is 2.13. The van der Waals surface area contributed by atoms with Gasteiger partial charge in [0.05, 0.1) is 12.3 Å². The van der Waals surface area contributed by atoms with Crippen LogP contribution in [0.1, 0.15) is 9.27 Å². The van der Waals surface area contributed by atoms with Gasteiger partial charge in [0.25, 0.3) is 0 Å². The van der Waals surface area contributed by atoms with E-state index in [1.165, 1.54) is 0 Å². The Morgan fingerprint density at radius 2 is 1.08 bits per heavy atom. The van der Waals surface area contributed by atoms with Crippen LogP contribution in [0.5, 0.6) is 0 Å². The molecule has 0 saturated heterocycles. The van der Waals surface area contributed by atoms with E-state index in [0.717, 1.165) is 0 Å². The van der Waals surface area contributed by atoms with E-state index in [1.807, 2.05) is 0 Å². The van der Waals surface area contributed by atoms with E-state index in [2.05, 4.69) is 0 Å². The molecule has 0 radical (unpaired) electrons. The maximum Gasteiger partial charge on any atom is 1.00 e. The second kappa shape index (κ2) is 8.45. The molecule has 4 N–H and O–H groups in total. The van der Waals surface area contributed by atoms with Gasteiger partial charge in [0.1, 0.15) is 0 Å². The number of hydrogen-bond donors (Lipinski definition) is 4. The first-order chi connectivity index (χ1) is 4.71. The molecule has 72 valence electrons. The van der Waals surface area contributed by atoms with Gasteiger partial charge in [-0.1, -0.05) is 0 Å². The molecule has 0 spiro atoms. The van der Waals surface area contributed by atoms with Gasteiger partial charge in [-0.15, -0.1) is 0 Å². The molecular formula is C3H12Na2O6P2. The third kappa shape index (κ3) is 20.4. The Labute approximate surface area is 123 Å². The predicted molar refractivity (Wildman–Crippen MR) is 40.7 cm³/mol. The zero-order valence-electron chi connectivity index (χ0n) is 9.62. The van der Waals surface area contributed by atoms with E-state index in [1.54, 1.807) is 0 Å². The molecule has 0 saturated carbocycles. The fraction of sp³-hybridized carbons (Fsp3) is 1.00. The zero-order valence-corrected chi connectivity index (χ0v) is 13.4.